The molecule has 4 nitrogen and oxygen atoms in total. The molecule has 0 bridgehead atoms. The van der Waals surface area contributed by atoms with Crippen LogP contribution in [0.1, 0.15) is 30.1 Å². The minimum Gasteiger partial charge on any atom is -0.338 e. The number of carbonyl (C=O) groups excluding carboxylic acids is 1. The summed E-state index contributed by atoms with van der Waals surface area (Å²) in [4.78, 5) is 18.9. The van der Waals surface area contributed by atoms with E-state index >= 15 is 0 Å². The number of carbonyl (C=O) groups is 1. The molecule has 0 saturated carbocycles. The lowest BCUT2D eigenvalue weighted by Gasteiger charge is -2.35. The van der Waals surface area contributed by atoms with Gasteiger partial charge in [0.2, 0.25) is 0 Å². The first kappa shape index (κ1) is 13.6. The molecule has 1 aromatic heterocycles. The van der Waals surface area contributed by atoms with E-state index in [1.54, 1.807) is 6.20 Å². The van der Waals surface area contributed by atoms with E-state index in [1.807, 2.05) is 42.2 Å². The van der Waals surface area contributed by atoms with Crippen molar-refractivity contribution in [1.29, 1.82) is 5.26 Å². The Labute approximate surface area is 124 Å². The number of aromatic nitrogens is 1. The summed E-state index contributed by atoms with van der Waals surface area (Å²) in [5, 5.41) is 10.1. The smallest absolute Gasteiger partial charge is 0.256 e. The maximum atomic E-state index is 12.7. The van der Waals surface area contributed by atoms with Crippen molar-refractivity contribution in [3.63, 3.8) is 0 Å². The molecule has 1 amide bonds. The zero-order valence-corrected chi connectivity index (χ0v) is 12.0. The van der Waals surface area contributed by atoms with Crippen molar-refractivity contribution in [2.45, 2.75) is 19.8 Å². The monoisotopic (exact) mass is 279 g/mol. The van der Waals surface area contributed by atoms with E-state index in [-0.39, 0.29) is 11.3 Å². The van der Waals surface area contributed by atoms with Gasteiger partial charge in [-0.3, -0.25) is 9.78 Å². The molecule has 0 spiro atoms. The number of nitrogens with zero attached hydrogens (tertiary/aromatic N) is 3. The summed E-state index contributed by atoms with van der Waals surface area (Å²) < 4.78 is 0. The third-order valence-corrected chi connectivity index (χ3v) is 4.29. The Morgan fingerprint density at radius 1 is 1.29 bits per heavy atom. The van der Waals surface area contributed by atoms with Crippen molar-refractivity contribution in [3.05, 3.63) is 42.1 Å². The van der Waals surface area contributed by atoms with Gasteiger partial charge in [-0.2, -0.15) is 5.26 Å². The molecular weight excluding hydrogens is 262 g/mol. The first-order valence-electron chi connectivity index (χ1n) is 7.17. The number of hydrogen-bond acceptors (Lipinski definition) is 3. The van der Waals surface area contributed by atoms with Gasteiger partial charge in [0.15, 0.2) is 0 Å². The van der Waals surface area contributed by atoms with Crippen LogP contribution < -0.4 is 0 Å². The molecule has 106 valence electrons. The van der Waals surface area contributed by atoms with Gasteiger partial charge in [-0.25, -0.2) is 0 Å². The number of nitriles is 1. The van der Waals surface area contributed by atoms with Crippen molar-refractivity contribution >= 4 is 16.8 Å². The van der Waals surface area contributed by atoms with Crippen LogP contribution in [-0.2, 0) is 0 Å². The highest BCUT2D eigenvalue weighted by molar-refractivity contribution is 6.05. The van der Waals surface area contributed by atoms with Gasteiger partial charge in [-0.05, 0) is 31.9 Å². The zero-order valence-electron chi connectivity index (χ0n) is 12.0. The highest BCUT2D eigenvalue weighted by Crippen LogP contribution is 2.30. The summed E-state index contributed by atoms with van der Waals surface area (Å²) in [6.45, 7) is 3.23. The number of para-hydroxylation sites is 1. The maximum Gasteiger partial charge on any atom is 0.256 e. The van der Waals surface area contributed by atoms with Crippen LogP contribution in [0.15, 0.2) is 36.5 Å². The Hall–Kier alpha value is -2.41. The molecule has 21 heavy (non-hydrogen) atoms. The van der Waals surface area contributed by atoms with E-state index < -0.39 is 0 Å². The summed E-state index contributed by atoms with van der Waals surface area (Å²) in [6.07, 6.45) is 3.17. The van der Waals surface area contributed by atoms with E-state index in [4.69, 9.17) is 0 Å². The van der Waals surface area contributed by atoms with Gasteiger partial charge in [0.05, 0.1) is 22.6 Å². The number of hydrogen-bond donors (Lipinski definition) is 0. The SMILES string of the molecule is CC1(C#N)CCN(C(=O)c2cccc3cccnc23)CC1. The molecule has 3 rings (SSSR count). The molecule has 0 atom stereocenters. The maximum absolute atomic E-state index is 12.7. The average Bonchev–Trinajstić information content (AvgIpc) is 2.54. The molecule has 1 fully saturated rings. The Morgan fingerprint density at radius 3 is 2.71 bits per heavy atom. The lowest BCUT2D eigenvalue weighted by atomic mass is 9.82. The average molecular weight is 279 g/mol. The standard InChI is InChI=1S/C17H17N3O/c1-17(12-18)7-10-20(11-8-17)16(21)14-6-2-4-13-5-3-9-19-15(13)14/h2-6,9H,7-8,10-11H2,1H3. The molecule has 4 heteroatoms. The Bertz CT molecular complexity index is 719. The predicted octanol–water partition coefficient (Wildman–Crippen LogP) is 3.00. The van der Waals surface area contributed by atoms with Crippen LogP contribution in [0, 0.1) is 16.7 Å². The van der Waals surface area contributed by atoms with Crippen LogP contribution in [0.3, 0.4) is 0 Å². The van der Waals surface area contributed by atoms with Crippen molar-refractivity contribution in [1.82, 2.24) is 9.88 Å². The molecule has 0 unspecified atom stereocenters. The minimum atomic E-state index is -0.298. The lowest BCUT2D eigenvalue weighted by molar-refractivity contribution is 0.0663. The molecule has 1 aliphatic heterocycles. The second-order valence-corrected chi connectivity index (χ2v) is 5.85. The number of pyridine rings is 1. The van der Waals surface area contributed by atoms with Crippen LogP contribution in [0.2, 0.25) is 0 Å². The first-order valence-corrected chi connectivity index (χ1v) is 7.17. The molecule has 1 aliphatic rings. The number of likely N-dealkylation sites (tertiary alicyclic amines) is 1. The van der Waals surface area contributed by atoms with Crippen molar-refractivity contribution in [3.8, 4) is 6.07 Å². The highest BCUT2D eigenvalue weighted by Gasteiger charge is 2.32. The van der Waals surface area contributed by atoms with E-state index in [9.17, 15) is 10.1 Å². The third kappa shape index (κ3) is 2.47. The predicted molar refractivity (Wildman–Crippen MR) is 80.6 cm³/mol. The minimum absolute atomic E-state index is 0.0132. The summed E-state index contributed by atoms with van der Waals surface area (Å²) in [6, 6.07) is 11.9. The quantitative estimate of drug-likeness (QED) is 0.806. The normalized spacial score (nSPS) is 17.4. The Kier molecular flexibility index (Phi) is 3.34. The van der Waals surface area contributed by atoms with Gasteiger partial charge in [0.25, 0.3) is 5.91 Å². The molecule has 2 heterocycles. The number of benzene rings is 1. The molecule has 0 aliphatic carbocycles. The van der Waals surface area contributed by atoms with E-state index in [0.717, 1.165) is 23.7 Å². The summed E-state index contributed by atoms with van der Waals surface area (Å²) in [5.74, 6) is 0.0132. The van der Waals surface area contributed by atoms with Crippen LogP contribution in [-0.4, -0.2) is 28.9 Å². The van der Waals surface area contributed by atoms with Crippen molar-refractivity contribution in [2.24, 2.45) is 5.41 Å². The lowest BCUT2D eigenvalue weighted by Crippen LogP contribution is -2.41. The molecular formula is C17H17N3O. The fourth-order valence-electron chi connectivity index (χ4n) is 2.76. The Balaban J connectivity index is 1.87. The first-order chi connectivity index (χ1) is 10.1. The van der Waals surface area contributed by atoms with Gasteiger partial charge in [-0.1, -0.05) is 18.2 Å². The van der Waals surface area contributed by atoms with Gasteiger partial charge in [-0.15, -0.1) is 0 Å². The van der Waals surface area contributed by atoms with Crippen molar-refractivity contribution < 1.29 is 4.79 Å². The molecule has 2 aromatic rings. The van der Waals surface area contributed by atoms with Crippen molar-refractivity contribution in [2.75, 3.05) is 13.1 Å². The fourth-order valence-corrected chi connectivity index (χ4v) is 2.76. The van der Waals surface area contributed by atoms with E-state index in [2.05, 4.69) is 11.1 Å². The highest BCUT2D eigenvalue weighted by atomic mass is 16.2. The second-order valence-electron chi connectivity index (χ2n) is 5.85. The zero-order chi connectivity index (χ0) is 14.9. The molecule has 0 radical (unpaired) electrons. The molecule has 1 saturated heterocycles. The van der Waals surface area contributed by atoms with Gasteiger partial charge in [0, 0.05) is 24.7 Å². The van der Waals surface area contributed by atoms with Gasteiger partial charge < -0.3 is 4.90 Å². The molecule has 1 aromatic carbocycles. The Morgan fingerprint density at radius 2 is 2.00 bits per heavy atom. The number of rotatable bonds is 1. The van der Waals surface area contributed by atoms with E-state index in [0.29, 0.717) is 18.7 Å². The summed E-state index contributed by atoms with van der Waals surface area (Å²) >= 11 is 0. The van der Waals surface area contributed by atoms with E-state index in [1.165, 1.54) is 0 Å². The van der Waals surface area contributed by atoms with Gasteiger partial charge >= 0.3 is 0 Å². The van der Waals surface area contributed by atoms with Crippen LogP contribution >= 0.6 is 0 Å². The summed E-state index contributed by atoms with van der Waals surface area (Å²) in [7, 11) is 0. The van der Waals surface area contributed by atoms with Crippen LogP contribution in [0.4, 0.5) is 0 Å². The third-order valence-electron chi connectivity index (χ3n) is 4.29. The van der Waals surface area contributed by atoms with Crippen LogP contribution in [0.5, 0.6) is 0 Å². The largest absolute Gasteiger partial charge is 0.338 e. The fraction of sp³-hybridized carbons (Fsp3) is 0.353. The summed E-state index contributed by atoms with van der Waals surface area (Å²) in [5.41, 5.74) is 1.10. The van der Waals surface area contributed by atoms with Gasteiger partial charge in [0.1, 0.15) is 0 Å². The topological polar surface area (TPSA) is 57.0 Å². The van der Waals surface area contributed by atoms with Crippen LogP contribution in [0.25, 0.3) is 10.9 Å². The molecule has 0 N–H and O–H groups in total. The number of amides is 1. The second kappa shape index (κ2) is 5.17. The number of fused-ring (bicyclic) bond motifs is 1. The number of piperidine rings is 1.